The Labute approximate surface area is 231 Å². The van der Waals surface area contributed by atoms with Crippen LogP contribution in [0.15, 0.2) is 115 Å². The standard InChI is InChI=1S/C32H28N2O6/c1-3-39-31(37)27(29(35)25-11-7-5-8-12-25)33-19-15-23(16-20-33)24-17-21-34(22-18-24)28(32(38)40-4-2)30(36)26-13-9-6-10-14-26/h5-22H,3-4H2,1-2H3/p+1. The molecular formula is C32H29N2O6+. The van der Waals surface area contributed by atoms with Crippen molar-refractivity contribution in [2.24, 2.45) is 0 Å². The van der Waals surface area contributed by atoms with Gasteiger partial charge in [-0.3, -0.25) is 4.79 Å². The third-order valence-corrected chi connectivity index (χ3v) is 5.97. The van der Waals surface area contributed by atoms with Crippen LogP contribution in [0.4, 0.5) is 0 Å². The minimum atomic E-state index is -0.716. The van der Waals surface area contributed by atoms with Crippen molar-refractivity contribution in [2.45, 2.75) is 13.8 Å². The third kappa shape index (κ3) is 6.24. The van der Waals surface area contributed by atoms with Gasteiger partial charge >= 0.3 is 17.7 Å². The fourth-order valence-electron chi connectivity index (χ4n) is 4.03. The van der Waals surface area contributed by atoms with Gasteiger partial charge in [0.25, 0.3) is 5.78 Å². The first kappa shape index (κ1) is 27.8. The van der Waals surface area contributed by atoms with Crippen molar-refractivity contribution in [2.75, 3.05) is 13.2 Å². The molecule has 0 amide bonds. The number of Topliss-reactive ketones (excluding diaryl/α,β-unsaturated/α-hetero) is 1. The Morgan fingerprint density at radius 3 is 1.82 bits per heavy atom. The van der Waals surface area contributed by atoms with Gasteiger partial charge in [-0.25, -0.2) is 9.59 Å². The van der Waals surface area contributed by atoms with Gasteiger partial charge in [0.2, 0.25) is 0 Å². The molecule has 1 aliphatic rings. The number of aliphatic hydroxyl groups is 1. The maximum absolute atomic E-state index is 13.2. The van der Waals surface area contributed by atoms with Crippen molar-refractivity contribution in [3.63, 3.8) is 0 Å². The van der Waals surface area contributed by atoms with Crippen LogP contribution >= 0.6 is 0 Å². The molecule has 0 saturated carbocycles. The molecule has 1 N–H and O–H groups in total. The second kappa shape index (κ2) is 13.0. The maximum Gasteiger partial charge on any atom is 0.408 e. The molecule has 0 bridgehead atoms. The van der Waals surface area contributed by atoms with Crippen molar-refractivity contribution >= 4 is 29.1 Å². The van der Waals surface area contributed by atoms with E-state index < -0.39 is 17.7 Å². The zero-order chi connectivity index (χ0) is 28.5. The number of carbonyl (C=O) groups is 3. The van der Waals surface area contributed by atoms with Gasteiger partial charge in [-0.15, -0.1) is 0 Å². The van der Waals surface area contributed by atoms with Crippen LogP contribution in [0, 0.1) is 5.71 Å². The van der Waals surface area contributed by atoms with Gasteiger partial charge in [0.15, 0.2) is 23.8 Å². The molecule has 0 spiro atoms. The second-order valence-corrected chi connectivity index (χ2v) is 8.54. The number of rotatable bonds is 8. The Hall–Kier alpha value is -5.24. The van der Waals surface area contributed by atoms with Crippen molar-refractivity contribution in [1.29, 1.82) is 0 Å². The highest BCUT2D eigenvalue weighted by Crippen LogP contribution is 2.23. The van der Waals surface area contributed by atoms with Crippen LogP contribution in [0.1, 0.15) is 29.8 Å². The molecule has 202 valence electrons. The minimum Gasteiger partial charge on any atom is -0.505 e. The number of hydrogen-bond donors (Lipinski definition) is 1. The Morgan fingerprint density at radius 1 is 0.750 bits per heavy atom. The van der Waals surface area contributed by atoms with E-state index in [9.17, 15) is 19.5 Å². The Morgan fingerprint density at radius 2 is 1.27 bits per heavy atom. The van der Waals surface area contributed by atoms with Crippen LogP contribution in [0.3, 0.4) is 0 Å². The largest absolute Gasteiger partial charge is 0.505 e. The maximum atomic E-state index is 13.2. The first-order valence-electron chi connectivity index (χ1n) is 12.8. The van der Waals surface area contributed by atoms with Crippen LogP contribution in [-0.2, 0) is 19.1 Å². The number of carbonyl (C=O) groups excluding carboxylic acids is 3. The van der Waals surface area contributed by atoms with E-state index in [0.29, 0.717) is 11.1 Å². The normalized spacial score (nSPS) is 12.9. The van der Waals surface area contributed by atoms with Crippen LogP contribution in [0.25, 0.3) is 11.3 Å². The number of aromatic nitrogens is 1. The fraction of sp³-hybridized carbons (Fsp3) is 0.125. The highest BCUT2D eigenvalue weighted by Gasteiger charge is 2.30. The van der Waals surface area contributed by atoms with Crippen LogP contribution in [-0.4, -0.2) is 40.9 Å². The molecule has 40 heavy (non-hydrogen) atoms. The summed E-state index contributed by atoms with van der Waals surface area (Å²) in [6.45, 7) is 3.67. The molecule has 2 aromatic carbocycles. The lowest BCUT2D eigenvalue weighted by molar-refractivity contribution is -0.515. The highest BCUT2D eigenvalue weighted by molar-refractivity contribution is 6.17. The lowest BCUT2D eigenvalue weighted by Crippen LogP contribution is -2.34. The molecule has 0 aliphatic carbocycles. The van der Waals surface area contributed by atoms with Crippen molar-refractivity contribution in [3.05, 3.63) is 137 Å². The number of pyridine rings is 1. The van der Waals surface area contributed by atoms with E-state index in [1.54, 1.807) is 118 Å². The van der Waals surface area contributed by atoms with Crippen molar-refractivity contribution in [1.82, 2.24) is 4.90 Å². The summed E-state index contributed by atoms with van der Waals surface area (Å²) in [5, 5.41) is 11.7. The summed E-state index contributed by atoms with van der Waals surface area (Å²) in [6, 6.07) is 20.8. The first-order chi connectivity index (χ1) is 19.4. The van der Waals surface area contributed by atoms with Gasteiger partial charge in [0, 0.05) is 35.7 Å². The Kier molecular flexibility index (Phi) is 9.04. The molecule has 1 aliphatic heterocycles. The van der Waals surface area contributed by atoms with E-state index >= 15 is 0 Å². The van der Waals surface area contributed by atoms with Crippen LogP contribution in [0.5, 0.6) is 0 Å². The number of esters is 2. The number of nitrogens with zero attached hydrogens (tertiary/aromatic N) is 2. The molecule has 0 atom stereocenters. The average Bonchev–Trinajstić information content (AvgIpc) is 2.99. The summed E-state index contributed by atoms with van der Waals surface area (Å²) in [4.78, 5) is 40.1. The minimum absolute atomic E-state index is 0.0152. The van der Waals surface area contributed by atoms with Crippen LogP contribution < -0.4 is 9.46 Å². The Bertz CT molecular complexity index is 1580. The van der Waals surface area contributed by atoms with E-state index in [1.165, 1.54) is 9.14 Å². The molecule has 0 saturated heterocycles. The summed E-state index contributed by atoms with van der Waals surface area (Å²) in [5.41, 5.74) is 1.52. The molecule has 0 radical (unpaired) electrons. The van der Waals surface area contributed by atoms with E-state index in [2.05, 4.69) is 0 Å². The summed E-state index contributed by atoms with van der Waals surface area (Å²) in [7, 11) is 0. The first-order valence-corrected chi connectivity index (χ1v) is 12.8. The van der Waals surface area contributed by atoms with E-state index in [1.807, 2.05) is 6.07 Å². The number of ketones is 1. The molecule has 0 unspecified atom stereocenters. The summed E-state index contributed by atoms with van der Waals surface area (Å²) >= 11 is 0. The second-order valence-electron chi connectivity index (χ2n) is 8.54. The molecule has 4 rings (SSSR count). The fourth-order valence-corrected chi connectivity index (χ4v) is 4.03. The molecule has 8 nitrogen and oxygen atoms in total. The summed E-state index contributed by atoms with van der Waals surface area (Å²) in [6.07, 6.45) is 10.1. The van der Waals surface area contributed by atoms with Gasteiger partial charge in [-0.05, 0) is 36.8 Å². The summed E-state index contributed by atoms with van der Waals surface area (Å²) in [5.74, 6) is -2.03. The lowest BCUT2D eigenvalue weighted by Gasteiger charge is -2.22. The molecule has 2 heterocycles. The zero-order valence-electron chi connectivity index (χ0n) is 22.2. The quantitative estimate of drug-likeness (QED) is 0.117. The van der Waals surface area contributed by atoms with E-state index in [0.717, 1.165) is 10.8 Å². The van der Waals surface area contributed by atoms with Crippen molar-refractivity contribution in [3.8, 4) is 0 Å². The van der Waals surface area contributed by atoms with Gasteiger partial charge in [0.1, 0.15) is 0 Å². The van der Waals surface area contributed by atoms with Crippen molar-refractivity contribution < 1.29 is 33.2 Å². The summed E-state index contributed by atoms with van der Waals surface area (Å²) < 4.78 is 11.8. The molecule has 0 fully saturated rings. The topological polar surface area (TPSA) is 99.0 Å². The number of ether oxygens (including phenoxy) is 2. The number of benzene rings is 2. The predicted molar refractivity (Wildman–Crippen MR) is 148 cm³/mol. The zero-order valence-corrected chi connectivity index (χ0v) is 22.2. The van der Waals surface area contributed by atoms with Gasteiger partial charge in [-0.1, -0.05) is 60.7 Å². The highest BCUT2D eigenvalue weighted by atomic mass is 16.5. The number of allylic oxidation sites excluding steroid dienone is 2. The number of hydrogen-bond acceptors (Lipinski definition) is 7. The van der Waals surface area contributed by atoms with E-state index in [-0.39, 0.29) is 30.4 Å². The third-order valence-electron chi connectivity index (χ3n) is 5.97. The smallest absolute Gasteiger partial charge is 0.408 e. The monoisotopic (exact) mass is 537 g/mol. The Balaban J connectivity index is 1.71. The number of aliphatic hydroxyl groups excluding tert-OH is 1. The van der Waals surface area contributed by atoms with Gasteiger partial charge in [-0.2, -0.15) is 4.24 Å². The average molecular weight is 538 g/mol. The van der Waals surface area contributed by atoms with Gasteiger partial charge in [0.05, 0.1) is 13.2 Å². The SMILES string of the molecule is CCOC(=O)C(C(=O)c1ccccc1)=[n+]1ccc(=C2C=CN(/C(C(=O)OCC)=C(\O)c3ccccc3)C=C2)cc1. The molecular weight excluding hydrogens is 508 g/mol. The molecule has 8 heteroatoms. The van der Waals surface area contributed by atoms with Gasteiger partial charge < -0.3 is 19.5 Å². The van der Waals surface area contributed by atoms with Crippen LogP contribution in [0.2, 0.25) is 0 Å². The van der Waals surface area contributed by atoms with E-state index in [4.69, 9.17) is 9.47 Å². The molecule has 3 aromatic rings. The lowest BCUT2D eigenvalue weighted by atomic mass is 10.1. The predicted octanol–water partition coefficient (Wildman–Crippen LogP) is 3.78. The molecule has 1 aromatic heterocycles.